The van der Waals surface area contributed by atoms with Gasteiger partial charge >= 0.3 is 0 Å². The van der Waals surface area contributed by atoms with Crippen molar-refractivity contribution in [1.82, 2.24) is 4.90 Å². The molecule has 1 atom stereocenters. The van der Waals surface area contributed by atoms with Crippen molar-refractivity contribution in [3.8, 4) is 0 Å². The van der Waals surface area contributed by atoms with Crippen LogP contribution in [-0.2, 0) is 0 Å². The Labute approximate surface area is 112 Å². The molecule has 3 heteroatoms. The van der Waals surface area contributed by atoms with Crippen LogP contribution in [0.5, 0.6) is 0 Å². The summed E-state index contributed by atoms with van der Waals surface area (Å²) in [6.45, 7) is 2.73. The van der Waals surface area contributed by atoms with Gasteiger partial charge in [-0.2, -0.15) is 0 Å². The molecule has 1 aromatic heterocycles. The van der Waals surface area contributed by atoms with Crippen molar-refractivity contribution >= 4 is 5.91 Å². The Morgan fingerprint density at radius 2 is 2.11 bits per heavy atom. The Hall–Kier alpha value is -2.03. The summed E-state index contributed by atoms with van der Waals surface area (Å²) < 4.78 is 5.33. The van der Waals surface area contributed by atoms with Crippen molar-refractivity contribution in [1.29, 1.82) is 0 Å². The number of likely N-dealkylation sites (tertiary alicyclic amines) is 1. The van der Waals surface area contributed by atoms with E-state index < -0.39 is 0 Å². The monoisotopic (exact) mass is 255 g/mol. The predicted molar refractivity (Wildman–Crippen MR) is 72.9 cm³/mol. The lowest BCUT2D eigenvalue weighted by atomic mass is 10.0. The lowest BCUT2D eigenvalue weighted by Gasteiger charge is -2.24. The molecule has 1 fully saturated rings. The average Bonchev–Trinajstić information content (AvgIpc) is 3.07. The first-order valence-electron chi connectivity index (χ1n) is 6.67. The van der Waals surface area contributed by atoms with Crippen LogP contribution in [-0.4, -0.2) is 17.4 Å². The maximum Gasteiger partial charge on any atom is 0.290 e. The predicted octanol–water partition coefficient (Wildman–Crippen LogP) is 3.57. The van der Waals surface area contributed by atoms with Crippen LogP contribution in [0, 0.1) is 6.92 Å². The Kier molecular flexibility index (Phi) is 3.11. The van der Waals surface area contributed by atoms with Gasteiger partial charge in [0.25, 0.3) is 5.91 Å². The van der Waals surface area contributed by atoms with Gasteiger partial charge in [0.1, 0.15) is 0 Å². The van der Waals surface area contributed by atoms with Crippen LogP contribution in [0.3, 0.4) is 0 Å². The molecule has 0 N–H and O–H groups in total. The summed E-state index contributed by atoms with van der Waals surface area (Å²) in [5.74, 6) is 0.444. The Bertz CT molecular complexity index is 573. The van der Waals surface area contributed by atoms with E-state index in [0.29, 0.717) is 5.76 Å². The molecular formula is C16H17NO2. The van der Waals surface area contributed by atoms with Crippen LogP contribution in [0.25, 0.3) is 0 Å². The molecular weight excluding hydrogens is 238 g/mol. The number of furan rings is 1. The van der Waals surface area contributed by atoms with Gasteiger partial charge in [0.2, 0.25) is 0 Å². The molecule has 1 unspecified atom stereocenters. The van der Waals surface area contributed by atoms with Crippen molar-refractivity contribution in [3.63, 3.8) is 0 Å². The maximum atomic E-state index is 12.5. The Morgan fingerprint density at radius 3 is 2.79 bits per heavy atom. The van der Waals surface area contributed by atoms with Crippen molar-refractivity contribution in [2.24, 2.45) is 0 Å². The summed E-state index contributed by atoms with van der Waals surface area (Å²) >= 11 is 0. The summed E-state index contributed by atoms with van der Waals surface area (Å²) in [5, 5.41) is 0. The van der Waals surface area contributed by atoms with Gasteiger partial charge in [0.15, 0.2) is 5.76 Å². The third-order valence-corrected chi connectivity index (χ3v) is 3.64. The SMILES string of the molecule is Cc1coc(C(=O)N2CCCC2c2ccccc2)c1. The molecule has 98 valence electrons. The first kappa shape index (κ1) is 12.0. The van der Waals surface area contributed by atoms with Gasteiger partial charge in [-0.15, -0.1) is 0 Å². The molecule has 1 aliphatic rings. The smallest absolute Gasteiger partial charge is 0.290 e. The second kappa shape index (κ2) is 4.92. The standard InChI is InChI=1S/C16H17NO2/c1-12-10-15(19-11-12)16(18)17-9-5-8-14(17)13-6-3-2-4-7-13/h2-4,6-7,10-11,14H,5,8-9H2,1H3. The fourth-order valence-electron chi connectivity index (χ4n) is 2.72. The highest BCUT2D eigenvalue weighted by Crippen LogP contribution is 2.33. The van der Waals surface area contributed by atoms with Crippen LogP contribution >= 0.6 is 0 Å². The number of hydrogen-bond donors (Lipinski definition) is 0. The van der Waals surface area contributed by atoms with E-state index in [9.17, 15) is 4.79 Å². The zero-order valence-corrected chi connectivity index (χ0v) is 11.0. The number of carbonyl (C=O) groups is 1. The number of carbonyl (C=O) groups excluding carboxylic acids is 1. The van der Waals surface area contributed by atoms with Crippen LogP contribution in [0.1, 0.15) is 40.6 Å². The maximum absolute atomic E-state index is 12.5. The minimum atomic E-state index is -0.000506. The highest BCUT2D eigenvalue weighted by Gasteiger charge is 2.31. The molecule has 3 rings (SSSR count). The number of hydrogen-bond acceptors (Lipinski definition) is 2. The minimum absolute atomic E-state index is 0.000506. The van der Waals surface area contributed by atoms with Crippen molar-refractivity contribution in [3.05, 3.63) is 59.5 Å². The number of rotatable bonds is 2. The zero-order valence-electron chi connectivity index (χ0n) is 11.0. The molecule has 3 nitrogen and oxygen atoms in total. The summed E-state index contributed by atoms with van der Waals surface area (Å²) in [4.78, 5) is 14.4. The molecule has 0 saturated carbocycles. The fourth-order valence-corrected chi connectivity index (χ4v) is 2.72. The van der Waals surface area contributed by atoms with Gasteiger partial charge in [0.05, 0.1) is 12.3 Å². The lowest BCUT2D eigenvalue weighted by molar-refractivity contribution is 0.0703. The minimum Gasteiger partial charge on any atom is -0.459 e. The quantitative estimate of drug-likeness (QED) is 0.822. The largest absolute Gasteiger partial charge is 0.459 e. The normalized spacial score (nSPS) is 18.8. The van der Waals surface area contributed by atoms with E-state index in [0.717, 1.165) is 24.9 Å². The molecule has 1 amide bonds. The van der Waals surface area contributed by atoms with E-state index in [2.05, 4.69) is 12.1 Å². The van der Waals surface area contributed by atoms with E-state index in [1.54, 1.807) is 6.26 Å². The molecule has 1 saturated heterocycles. The fraction of sp³-hybridized carbons (Fsp3) is 0.312. The molecule has 0 radical (unpaired) electrons. The highest BCUT2D eigenvalue weighted by atomic mass is 16.3. The average molecular weight is 255 g/mol. The van der Waals surface area contributed by atoms with Crippen LogP contribution in [0.15, 0.2) is 47.1 Å². The molecule has 2 aromatic rings. The third kappa shape index (κ3) is 2.28. The molecule has 1 aromatic carbocycles. The third-order valence-electron chi connectivity index (χ3n) is 3.64. The van der Waals surface area contributed by atoms with Gasteiger partial charge in [-0.05, 0) is 37.0 Å². The van der Waals surface area contributed by atoms with Gasteiger partial charge < -0.3 is 9.32 Å². The van der Waals surface area contributed by atoms with E-state index in [1.807, 2.05) is 36.1 Å². The van der Waals surface area contributed by atoms with Gasteiger partial charge in [-0.25, -0.2) is 0 Å². The van der Waals surface area contributed by atoms with Gasteiger partial charge in [-0.1, -0.05) is 30.3 Å². The van der Waals surface area contributed by atoms with Crippen molar-refractivity contribution in [2.45, 2.75) is 25.8 Å². The Balaban J connectivity index is 1.86. The highest BCUT2D eigenvalue weighted by molar-refractivity contribution is 5.92. The molecule has 0 bridgehead atoms. The first-order chi connectivity index (χ1) is 9.25. The number of amides is 1. The number of nitrogens with zero attached hydrogens (tertiary/aromatic N) is 1. The van der Waals surface area contributed by atoms with Crippen molar-refractivity contribution in [2.75, 3.05) is 6.54 Å². The van der Waals surface area contributed by atoms with Gasteiger partial charge in [-0.3, -0.25) is 4.79 Å². The molecule has 1 aliphatic heterocycles. The second-order valence-corrected chi connectivity index (χ2v) is 5.06. The summed E-state index contributed by atoms with van der Waals surface area (Å²) in [6.07, 6.45) is 3.70. The van der Waals surface area contributed by atoms with Gasteiger partial charge in [0, 0.05) is 6.54 Å². The van der Waals surface area contributed by atoms with Crippen LogP contribution in [0.4, 0.5) is 0 Å². The van der Waals surface area contributed by atoms with E-state index in [4.69, 9.17) is 4.42 Å². The number of aryl methyl sites for hydroxylation is 1. The summed E-state index contributed by atoms with van der Waals surface area (Å²) in [6, 6.07) is 12.2. The molecule has 0 aliphatic carbocycles. The molecule has 19 heavy (non-hydrogen) atoms. The molecule has 2 heterocycles. The number of benzene rings is 1. The van der Waals surface area contributed by atoms with Crippen molar-refractivity contribution < 1.29 is 9.21 Å². The first-order valence-corrected chi connectivity index (χ1v) is 6.67. The van der Waals surface area contributed by atoms with Crippen LogP contribution in [0.2, 0.25) is 0 Å². The second-order valence-electron chi connectivity index (χ2n) is 5.06. The topological polar surface area (TPSA) is 33.5 Å². The molecule has 0 spiro atoms. The Morgan fingerprint density at radius 1 is 1.32 bits per heavy atom. The summed E-state index contributed by atoms with van der Waals surface area (Å²) in [7, 11) is 0. The summed E-state index contributed by atoms with van der Waals surface area (Å²) in [5.41, 5.74) is 2.19. The van der Waals surface area contributed by atoms with E-state index in [1.165, 1.54) is 5.56 Å². The van der Waals surface area contributed by atoms with E-state index >= 15 is 0 Å². The lowest BCUT2D eigenvalue weighted by Crippen LogP contribution is -2.30. The van der Waals surface area contributed by atoms with Crippen LogP contribution < -0.4 is 0 Å². The zero-order chi connectivity index (χ0) is 13.2. The van der Waals surface area contributed by atoms with E-state index in [-0.39, 0.29) is 11.9 Å².